The number of hydrogen-bond acceptors (Lipinski definition) is 4. The topological polar surface area (TPSA) is 58.2 Å². The van der Waals surface area contributed by atoms with Crippen molar-refractivity contribution in [3.8, 4) is 17.1 Å². The molecule has 5 heteroatoms. The Balaban J connectivity index is 1.55. The Hall–Kier alpha value is -2.92. The van der Waals surface area contributed by atoms with E-state index in [1.807, 2.05) is 36.4 Å². The summed E-state index contributed by atoms with van der Waals surface area (Å²) in [5.41, 5.74) is 3.80. The number of likely N-dealkylation sites (tertiary alicyclic amines) is 1. The van der Waals surface area contributed by atoms with Crippen LogP contribution in [-0.2, 0) is 13.0 Å². The van der Waals surface area contributed by atoms with Crippen LogP contribution in [0.5, 0.6) is 5.75 Å². The van der Waals surface area contributed by atoms with E-state index in [2.05, 4.69) is 27.0 Å². The van der Waals surface area contributed by atoms with Crippen LogP contribution in [-0.4, -0.2) is 35.1 Å². The molecule has 2 heterocycles. The highest BCUT2D eigenvalue weighted by molar-refractivity contribution is 5.55. The van der Waals surface area contributed by atoms with Gasteiger partial charge in [-0.05, 0) is 37.6 Å². The predicted molar refractivity (Wildman–Crippen MR) is 111 cm³/mol. The molecule has 0 atom stereocenters. The van der Waals surface area contributed by atoms with E-state index in [4.69, 9.17) is 4.74 Å². The molecule has 1 aromatic heterocycles. The molecule has 0 saturated carbocycles. The Morgan fingerprint density at radius 3 is 2.57 bits per heavy atom. The summed E-state index contributed by atoms with van der Waals surface area (Å²) in [7, 11) is 1.65. The van der Waals surface area contributed by atoms with Gasteiger partial charge in [-0.25, -0.2) is 4.98 Å². The van der Waals surface area contributed by atoms with Crippen molar-refractivity contribution >= 4 is 0 Å². The van der Waals surface area contributed by atoms with E-state index in [9.17, 15) is 4.79 Å². The van der Waals surface area contributed by atoms with Gasteiger partial charge >= 0.3 is 0 Å². The Labute approximate surface area is 165 Å². The van der Waals surface area contributed by atoms with Gasteiger partial charge in [0.2, 0.25) is 0 Å². The number of methoxy groups -OCH3 is 1. The zero-order chi connectivity index (χ0) is 19.3. The Kier molecular flexibility index (Phi) is 5.53. The second-order valence-corrected chi connectivity index (χ2v) is 7.25. The van der Waals surface area contributed by atoms with E-state index in [-0.39, 0.29) is 5.56 Å². The summed E-state index contributed by atoms with van der Waals surface area (Å²) in [6.07, 6.45) is 3.14. The van der Waals surface area contributed by atoms with Crippen LogP contribution >= 0.6 is 0 Å². The highest BCUT2D eigenvalue weighted by Crippen LogP contribution is 2.21. The summed E-state index contributed by atoms with van der Waals surface area (Å²) >= 11 is 0. The molecule has 1 fully saturated rings. The SMILES string of the molecule is COc1ccccc1Cc1cc(=O)[nH]c(-c2ccc(CN3CCCC3)cc2)n1. The van der Waals surface area contributed by atoms with Crippen LogP contribution in [0, 0.1) is 0 Å². The Morgan fingerprint density at radius 1 is 1.07 bits per heavy atom. The monoisotopic (exact) mass is 375 g/mol. The fourth-order valence-electron chi connectivity index (χ4n) is 3.75. The van der Waals surface area contributed by atoms with Crippen molar-refractivity contribution in [1.29, 1.82) is 0 Å². The van der Waals surface area contributed by atoms with Crippen molar-refractivity contribution in [2.75, 3.05) is 20.2 Å². The fraction of sp³-hybridized carbons (Fsp3) is 0.304. The van der Waals surface area contributed by atoms with Crippen molar-refractivity contribution in [1.82, 2.24) is 14.9 Å². The zero-order valence-electron chi connectivity index (χ0n) is 16.1. The van der Waals surface area contributed by atoms with Crippen molar-refractivity contribution in [2.45, 2.75) is 25.8 Å². The van der Waals surface area contributed by atoms with E-state index < -0.39 is 0 Å². The Bertz CT molecular complexity index is 989. The lowest BCUT2D eigenvalue weighted by Crippen LogP contribution is -2.18. The maximum absolute atomic E-state index is 12.2. The summed E-state index contributed by atoms with van der Waals surface area (Å²) < 4.78 is 5.41. The molecule has 4 rings (SSSR count). The average Bonchev–Trinajstić information content (AvgIpc) is 3.21. The standard InChI is InChI=1S/C23H25N3O2/c1-28-21-7-3-2-6-19(21)14-20-15-22(27)25-23(24-20)18-10-8-17(9-11-18)16-26-12-4-5-13-26/h2-3,6-11,15H,4-5,12-14,16H2,1H3,(H,24,25,27). The number of nitrogens with one attached hydrogen (secondary N) is 1. The van der Waals surface area contributed by atoms with Gasteiger partial charge in [0.1, 0.15) is 11.6 Å². The number of aromatic nitrogens is 2. The fourth-order valence-corrected chi connectivity index (χ4v) is 3.75. The molecular weight excluding hydrogens is 350 g/mol. The molecule has 1 aliphatic rings. The molecular formula is C23H25N3O2. The molecule has 0 bridgehead atoms. The third-order valence-electron chi connectivity index (χ3n) is 5.19. The molecule has 0 aliphatic carbocycles. The van der Waals surface area contributed by atoms with E-state index in [1.165, 1.54) is 31.5 Å². The van der Waals surface area contributed by atoms with Gasteiger partial charge < -0.3 is 9.72 Å². The van der Waals surface area contributed by atoms with Gasteiger partial charge in [0.25, 0.3) is 5.56 Å². The number of benzene rings is 2. The van der Waals surface area contributed by atoms with Crippen LogP contribution in [0.25, 0.3) is 11.4 Å². The van der Waals surface area contributed by atoms with Crippen molar-refractivity contribution in [3.05, 3.63) is 81.8 Å². The first-order valence-corrected chi connectivity index (χ1v) is 9.75. The van der Waals surface area contributed by atoms with Crippen LogP contribution < -0.4 is 10.3 Å². The summed E-state index contributed by atoms with van der Waals surface area (Å²) in [5.74, 6) is 1.41. The van der Waals surface area contributed by atoms with Crippen LogP contribution in [0.3, 0.4) is 0 Å². The normalized spacial score (nSPS) is 14.3. The molecule has 1 N–H and O–H groups in total. The molecule has 0 amide bonds. The van der Waals surface area contributed by atoms with Gasteiger partial charge in [0.05, 0.1) is 12.8 Å². The molecule has 1 aliphatic heterocycles. The third-order valence-corrected chi connectivity index (χ3v) is 5.19. The molecule has 0 spiro atoms. The van der Waals surface area contributed by atoms with E-state index in [0.29, 0.717) is 12.2 Å². The second-order valence-electron chi connectivity index (χ2n) is 7.25. The minimum Gasteiger partial charge on any atom is -0.496 e. The van der Waals surface area contributed by atoms with Crippen LogP contribution in [0.1, 0.15) is 29.7 Å². The molecule has 144 valence electrons. The largest absolute Gasteiger partial charge is 0.496 e. The highest BCUT2D eigenvalue weighted by atomic mass is 16.5. The smallest absolute Gasteiger partial charge is 0.251 e. The molecule has 28 heavy (non-hydrogen) atoms. The molecule has 5 nitrogen and oxygen atoms in total. The first kappa shape index (κ1) is 18.4. The maximum atomic E-state index is 12.2. The van der Waals surface area contributed by atoms with Gasteiger partial charge in [0, 0.05) is 30.2 Å². The van der Waals surface area contributed by atoms with Gasteiger partial charge in [-0.1, -0.05) is 42.5 Å². The van der Waals surface area contributed by atoms with Crippen molar-refractivity contribution in [2.24, 2.45) is 0 Å². The van der Waals surface area contributed by atoms with Crippen LogP contribution in [0.4, 0.5) is 0 Å². The summed E-state index contributed by atoms with van der Waals surface area (Å²) in [6.45, 7) is 3.35. The predicted octanol–water partition coefficient (Wildman–Crippen LogP) is 3.63. The zero-order valence-corrected chi connectivity index (χ0v) is 16.1. The molecule has 0 radical (unpaired) electrons. The van der Waals surface area contributed by atoms with E-state index in [0.717, 1.165) is 29.1 Å². The third kappa shape index (κ3) is 4.31. The number of aromatic amines is 1. The first-order chi connectivity index (χ1) is 13.7. The first-order valence-electron chi connectivity index (χ1n) is 9.75. The lowest BCUT2D eigenvalue weighted by molar-refractivity contribution is 0.331. The highest BCUT2D eigenvalue weighted by Gasteiger charge is 2.12. The minimum atomic E-state index is -0.143. The number of hydrogen-bond donors (Lipinski definition) is 1. The summed E-state index contributed by atoms with van der Waals surface area (Å²) in [4.78, 5) is 22.2. The quantitative estimate of drug-likeness (QED) is 0.715. The molecule has 0 unspecified atom stereocenters. The van der Waals surface area contributed by atoms with Crippen molar-refractivity contribution < 1.29 is 4.74 Å². The minimum absolute atomic E-state index is 0.143. The van der Waals surface area contributed by atoms with Crippen molar-refractivity contribution in [3.63, 3.8) is 0 Å². The number of rotatable bonds is 6. The number of nitrogens with zero attached hydrogens (tertiary/aromatic N) is 2. The lowest BCUT2D eigenvalue weighted by Gasteiger charge is -2.14. The van der Waals surface area contributed by atoms with Gasteiger partial charge in [0.15, 0.2) is 0 Å². The van der Waals surface area contributed by atoms with E-state index >= 15 is 0 Å². The van der Waals surface area contributed by atoms with E-state index in [1.54, 1.807) is 13.2 Å². The average molecular weight is 375 g/mol. The molecule has 1 saturated heterocycles. The maximum Gasteiger partial charge on any atom is 0.251 e. The second kappa shape index (κ2) is 8.40. The van der Waals surface area contributed by atoms with Crippen LogP contribution in [0.15, 0.2) is 59.4 Å². The number of H-pyrrole nitrogens is 1. The lowest BCUT2D eigenvalue weighted by atomic mass is 10.1. The molecule has 2 aromatic carbocycles. The Morgan fingerprint density at radius 2 is 1.82 bits per heavy atom. The van der Waals surface area contributed by atoms with Gasteiger partial charge in [-0.2, -0.15) is 0 Å². The number of para-hydroxylation sites is 1. The van der Waals surface area contributed by atoms with Gasteiger partial charge in [-0.15, -0.1) is 0 Å². The molecule has 3 aromatic rings. The number of ether oxygens (including phenoxy) is 1. The summed E-state index contributed by atoms with van der Waals surface area (Å²) in [6, 6.07) is 17.7. The summed E-state index contributed by atoms with van der Waals surface area (Å²) in [5, 5.41) is 0. The van der Waals surface area contributed by atoms with Gasteiger partial charge in [-0.3, -0.25) is 9.69 Å². The van der Waals surface area contributed by atoms with Crippen LogP contribution in [0.2, 0.25) is 0 Å².